The maximum atomic E-state index is 12.4. The molecule has 1 aromatic rings. The van der Waals surface area contributed by atoms with Crippen molar-refractivity contribution >= 4 is 40.7 Å². The minimum absolute atomic E-state index is 0.294. The summed E-state index contributed by atoms with van der Waals surface area (Å²) >= 11 is 18.1. The smallest absolute Gasteiger partial charge is 0.262 e. The minimum Gasteiger partial charge on any atom is -0.497 e. The van der Waals surface area contributed by atoms with Gasteiger partial charge in [0.1, 0.15) is 18.8 Å². The van der Waals surface area contributed by atoms with E-state index in [1.165, 1.54) is 0 Å². The molecule has 1 aromatic carbocycles. The monoisotopic (exact) mass is 367 g/mol. The largest absolute Gasteiger partial charge is 0.497 e. The number of carbonyl (C=O) groups excluding carboxylic acids is 1. The number of rotatable bonds is 4. The zero-order valence-corrected chi connectivity index (χ0v) is 14.3. The summed E-state index contributed by atoms with van der Waals surface area (Å²) in [6.45, 7) is 2.49. The van der Waals surface area contributed by atoms with Gasteiger partial charge in [0.25, 0.3) is 9.70 Å². The Hall–Kier alpha value is -0.720. The third-order valence-electron chi connectivity index (χ3n) is 3.50. The number of nitrogens with one attached hydrogen (secondary N) is 2. The van der Waals surface area contributed by atoms with Gasteiger partial charge >= 0.3 is 0 Å². The molecular formula is C14H18Cl3N2O3+. The summed E-state index contributed by atoms with van der Waals surface area (Å²) in [5.74, 6) is 0.381. The first-order chi connectivity index (χ1) is 10.4. The lowest BCUT2D eigenvalue weighted by molar-refractivity contribution is -0.934. The molecular weight excluding hydrogens is 351 g/mol. The van der Waals surface area contributed by atoms with Crippen molar-refractivity contribution in [2.24, 2.45) is 0 Å². The number of morpholine rings is 1. The summed E-state index contributed by atoms with van der Waals surface area (Å²) in [5.41, 5.74) is 0.479. The predicted molar refractivity (Wildman–Crippen MR) is 86.1 cm³/mol. The van der Waals surface area contributed by atoms with Gasteiger partial charge in [-0.2, -0.15) is 0 Å². The Morgan fingerprint density at radius 1 is 1.27 bits per heavy atom. The van der Waals surface area contributed by atoms with Crippen LogP contribution < -0.4 is 15.0 Å². The van der Waals surface area contributed by atoms with Gasteiger partial charge in [-0.1, -0.05) is 34.8 Å². The Balaban J connectivity index is 2.09. The van der Waals surface area contributed by atoms with Crippen LogP contribution in [0.2, 0.25) is 0 Å². The van der Waals surface area contributed by atoms with Crippen molar-refractivity contribution in [3.8, 4) is 5.75 Å². The average Bonchev–Trinajstić information content (AvgIpc) is 2.52. The number of amides is 1. The standard InChI is InChI=1S/C14H17Cl3N2O3/c1-21-11-4-2-10(3-5-11)12(20)18-13(14(15,16)17)19-6-8-22-9-7-19/h2-5,13H,6-9H2,1H3,(H,18,20)/p+1. The van der Waals surface area contributed by atoms with Crippen LogP contribution in [0.25, 0.3) is 0 Å². The number of hydrogen-bond donors (Lipinski definition) is 2. The highest BCUT2D eigenvalue weighted by molar-refractivity contribution is 6.68. The molecule has 1 heterocycles. The van der Waals surface area contributed by atoms with E-state index in [9.17, 15) is 4.79 Å². The van der Waals surface area contributed by atoms with Crippen molar-refractivity contribution in [1.29, 1.82) is 0 Å². The molecule has 0 bridgehead atoms. The molecule has 2 N–H and O–H groups in total. The van der Waals surface area contributed by atoms with E-state index in [1.54, 1.807) is 31.4 Å². The maximum absolute atomic E-state index is 12.4. The fourth-order valence-corrected chi connectivity index (χ4v) is 2.92. The summed E-state index contributed by atoms with van der Waals surface area (Å²) < 4.78 is 8.77. The molecule has 22 heavy (non-hydrogen) atoms. The number of quaternary nitrogens is 1. The predicted octanol–water partition coefficient (Wildman–Crippen LogP) is 1.04. The maximum Gasteiger partial charge on any atom is 0.262 e. The molecule has 1 aliphatic rings. The van der Waals surface area contributed by atoms with Crippen molar-refractivity contribution in [3.05, 3.63) is 29.8 Å². The zero-order chi connectivity index (χ0) is 16.2. The van der Waals surface area contributed by atoms with Crippen molar-refractivity contribution in [2.75, 3.05) is 33.4 Å². The average molecular weight is 369 g/mol. The number of carbonyl (C=O) groups is 1. The molecule has 2 rings (SSSR count). The van der Waals surface area contributed by atoms with Crippen LogP contribution in [0.3, 0.4) is 0 Å². The normalized spacial score (nSPS) is 17.8. The van der Waals surface area contributed by atoms with Crippen LogP contribution in [0.15, 0.2) is 24.3 Å². The Morgan fingerprint density at radius 2 is 1.86 bits per heavy atom. The molecule has 122 valence electrons. The summed E-state index contributed by atoms with van der Waals surface area (Å²) in [5, 5.41) is 2.81. The first-order valence-electron chi connectivity index (χ1n) is 6.86. The lowest BCUT2D eigenvalue weighted by Crippen LogP contribution is -3.21. The van der Waals surface area contributed by atoms with Crippen LogP contribution in [0.4, 0.5) is 0 Å². The van der Waals surface area contributed by atoms with E-state index in [4.69, 9.17) is 44.3 Å². The second-order valence-corrected chi connectivity index (χ2v) is 7.32. The van der Waals surface area contributed by atoms with Gasteiger partial charge < -0.3 is 14.4 Å². The molecule has 0 saturated carbocycles. The highest BCUT2D eigenvalue weighted by atomic mass is 35.6. The topological polar surface area (TPSA) is 52.0 Å². The quantitative estimate of drug-likeness (QED) is 0.781. The molecule has 1 saturated heterocycles. The molecule has 1 atom stereocenters. The van der Waals surface area contributed by atoms with Gasteiger partial charge in [-0.25, -0.2) is 0 Å². The summed E-state index contributed by atoms with van der Waals surface area (Å²) in [4.78, 5) is 13.4. The third kappa shape index (κ3) is 4.64. The highest BCUT2D eigenvalue weighted by Gasteiger charge is 2.42. The molecule has 1 unspecified atom stereocenters. The van der Waals surface area contributed by atoms with E-state index in [2.05, 4.69) is 5.32 Å². The van der Waals surface area contributed by atoms with Crippen molar-refractivity contribution in [1.82, 2.24) is 5.32 Å². The SMILES string of the molecule is COc1ccc(C(=O)NC([NH+]2CCOCC2)C(Cl)(Cl)Cl)cc1. The van der Waals surface area contributed by atoms with E-state index in [1.807, 2.05) is 0 Å². The Kier molecular flexibility index (Phi) is 6.17. The number of methoxy groups -OCH3 is 1. The summed E-state index contributed by atoms with van der Waals surface area (Å²) in [7, 11) is 1.57. The van der Waals surface area contributed by atoms with E-state index < -0.39 is 9.96 Å². The Morgan fingerprint density at radius 3 is 2.36 bits per heavy atom. The number of hydrogen-bond acceptors (Lipinski definition) is 3. The van der Waals surface area contributed by atoms with Gasteiger partial charge in [-0.3, -0.25) is 10.1 Å². The lowest BCUT2D eigenvalue weighted by Gasteiger charge is -2.35. The molecule has 1 amide bonds. The van der Waals surface area contributed by atoms with Gasteiger partial charge in [0.15, 0.2) is 0 Å². The molecule has 0 radical (unpaired) electrons. The minimum atomic E-state index is -1.60. The second-order valence-electron chi connectivity index (χ2n) is 4.95. The number of ether oxygens (including phenoxy) is 2. The fourth-order valence-electron chi connectivity index (χ4n) is 2.29. The van der Waals surface area contributed by atoms with Crippen LogP contribution in [-0.2, 0) is 4.74 Å². The molecule has 1 fully saturated rings. The summed E-state index contributed by atoms with van der Waals surface area (Å²) in [6.07, 6.45) is -0.643. The first kappa shape index (κ1) is 17.6. The van der Waals surface area contributed by atoms with Crippen LogP contribution in [0.1, 0.15) is 10.4 Å². The van der Waals surface area contributed by atoms with Crippen LogP contribution >= 0.6 is 34.8 Å². The second kappa shape index (κ2) is 7.70. The van der Waals surface area contributed by atoms with E-state index in [0.717, 1.165) is 4.90 Å². The first-order valence-corrected chi connectivity index (χ1v) is 7.99. The molecule has 0 aliphatic carbocycles. The zero-order valence-electron chi connectivity index (χ0n) is 12.1. The fraction of sp³-hybridized carbons (Fsp3) is 0.500. The molecule has 0 aromatic heterocycles. The van der Waals surface area contributed by atoms with Gasteiger partial charge in [-0.15, -0.1) is 0 Å². The van der Waals surface area contributed by atoms with Gasteiger partial charge in [0, 0.05) is 5.56 Å². The number of alkyl halides is 3. The molecule has 0 spiro atoms. The van der Waals surface area contributed by atoms with Gasteiger partial charge in [0.2, 0.25) is 6.17 Å². The highest BCUT2D eigenvalue weighted by Crippen LogP contribution is 2.28. The number of benzene rings is 1. The molecule has 8 heteroatoms. The van der Waals surface area contributed by atoms with E-state index in [-0.39, 0.29) is 5.91 Å². The van der Waals surface area contributed by atoms with E-state index in [0.29, 0.717) is 37.6 Å². The van der Waals surface area contributed by atoms with Crippen molar-refractivity contribution < 1.29 is 19.2 Å². The summed E-state index contributed by atoms with van der Waals surface area (Å²) in [6, 6.07) is 6.75. The molecule has 1 aliphatic heterocycles. The van der Waals surface area contributed by atoms with Crippen LogP contribution in [0, 0.1) is 0 Å². The van der Waals surface area contributed by atoms with Crippen LogP contribution in [-0.4, -0.2) is 49.3 Å². The van der Waals surface area contributed by atoms with Crippen molar-refractivity contribution in [2.45, 2.75) is 9.96 Å². The van der Waals surface area contributed by atoms with Gasteiger partial charge in [0.05, 0.1) is 20.3 Å². The van der Waals surface area contributed by atoms with Crippen molar-refractivity contribution in [3.63, 3.8) is 0 Å². The Labute approximate surface area is 144 Å². The van der Waals surface area contributed by atoms with Crippen LogP contribution in [0.5, 0.6) is 5.75 Å². The molecule has 5 nitrogen and oxygen atoms in total. The number of halogens is 3. The third-order valence-corrected chi connectivity index (χ3v) is 4.15. The Bertz CT molecular complexity index is 499. The van der Waals surface area contributed by atoms with E-state index >= 15 is 0 Å². The lowest BCUT2D eigenvalue weighted by atomic mass is 10.2. The van der Waals surface area contributed by atoms with Gasteiger partial charge in [-0.05, 0) is 24.3 Å².